The second kappa shape index (κ2) is 7.22. The van der Waals surface area contributed by atoms with Gasteiger partial charge in [0.1, 0.15) is 6.33 Å². The Morgan fingerprint density at radius 3 is 3.05 bits per heavy atom. The van der Waals surface area contributed by atoms with Crippen molar-refractivity contribution in [3.05, 3.63) is 47.5 Å². The third-order valence-electron chi connectivity index (χ3n) is 2.74. The Balaban J connectivity index is 1.91. The quantitative estimate of drug-likeness (QED) is 0.779. The lowest BCUT2D eigenvalue weighted by molar-refractivity contribution is 0.0954. The minimum Gasteiger partial charge on any atom is -0.352 e. The lowest BCUT2D eigenvalue weighted by Crippen LogP contribution is -2.26. The van der Waals surface area contributed by atoms with E-state index in [1.165, 1.54) is 0 Å². The minimum atomic E-state index is -0.137. The Kier molecular flexibility index (Phi) is 5.07. The van der Waals surface area contributed by atoms with Gasteiger partial charge in [0.15, 0.2) is 5.82 Å². The molecule has 6 nitrogen and oxygen atoms in total. The SMILES string of the molecule is Cn1cnc(CCNC(=O)c2cccc(C#CCN)c2)n1. The van der Waals surface area contributed by atoms with Crippen molar-refractivity contribution < 1.29 is 4.79 Å². The first-order valence-electron chi connectivity index (χ1n) is 6.61. The van der Waals surface area contributed by atoms with Crippen molar-refractivity contribution in [1.82, 2.24) is 20.1 Å². The maximum absolute atomic E-state index is 12.0. The molecule has 0 saturated carbocycles. The fourth-order valence-electron chi connectivity index (χ4n) is 1.78. The van der Waals surface area contributed by atoms with Gasteiger partial charge in [-0.25, -0.2) is 4.98 Å². The molecule has 0 aliphatic heterocycles. The van der Waals surface area contributed by atoms with Crippen LogP contribution in [0.3, 0.4) is 0 Å². The molecule has 0 radical (unpaired) electrons. The zero-order valence-electron chi connectivity index (χ0n) is 11.8. The molecule has 6 heteroatoms. The maximum Gasteiger partial charge on any atom is 0.251 e. The van der Waals surface area contributed by atoms with Crippen LogP contribution in [0.4, 0.5) is 0 Å². The van der Waals surface area contributed by atoms with Gasteiger partial charge in [-0.1, -0.05) is 17.9 Å². The molecule has 0 unspecified atom stereocenters. The van der Waals surface area contributed by atoms with E-state index in [2.05, 4.69) is 27.2 Å². The van der Waals surface area contributed by atoms with Crippen molar-refractivity contribution in [3.63, 3.8) is 0 Å². The van der Waals surface area contributed by atoms with Gasteiger partial charge in [0.25, 0.3) is 5.91 Å². The summed E-state index contributed by atoms with van der Waals surface area (Å²) in [5.41, 5.74) is 6.68. The number of hydrogen-bond acceptors (Lipinski definition) is 4. The van der Waals surface area contributed by atoms with Crippen LogP contribution in [0.1, 0.15) is 21.7 Å². The Bertz CT molecular complexity index is 681. The largest absolute Gasteiger partial charge is 0.352 e. The smallest absolute Gasteiger partial charge is 0.251 e. The molecule has 1 amide bonds. The third-order valence-corrected chi connectivity index (χ3v) is 2.74. The summed E-state index contributed by atoms with van der Waals surface area (Å²) in [7, 11) is 1.81. The maximum atomic E-state index is 12.0. The summed E-state index contributed by atoms with van der Waals surface area (Å²) in [6.07, 6.45) is 2.23. The molecular formula is C15H17N5O. The van der Waals surface area contributed by atoms with E-state index in [4.69, 9.17) is 5.73 Å². The van der Waals surface area contributed by atoms with E-state index in [0.29, 0.717) is 30.9 Å². The minimum absolute atomic E-state index is 0.137. The molecule has 108 valence electrons. The molecule has 1 aromatic heterocycles. The molecule has 0 fully saturated rings. The highest BCUT2D eigenvalue weighted by Gasteiger charge is 2.06. The Hall–Kier alpha value is -2.65. The molecule has 1 aromatic carbocycles. The van der Waals surface area contributed by atoms with Gasteiger partial charge >= 0.3 is 0 Å². The van der Waals surface area contributed by atoms with Crippen molar-refractivity contribution in [2.45, 2.75) is 6.42 Å². The van der Waals surface area contributed by atoms with Gasteiger partial charge in [0, 0.05) is 31.1 Å². The topological polar surface area (TPSA) is 85.8 Å². The monoisotopic (exact) mass is 283 g/mol. The van der Waals surface area contributed by atoms with Crippen LogP contribution in [-0.4, -0.2) is 33.8 Å². The van der Waals surface area contributed by atoms with E-state index in [1.807, 2.05) is 13.1 Å². The number of nitrogens with one attached hydrogen (secondary N) is 1. The van der Waals surface area contributed by atoms with Crippen molar-refractivity contribution in [2.75, 3.05) is 13.1 Å². The van der Waals surface area contributed by atoms with Crippen LogP contribution < -0.4 is 11.1 Å². The number of amides is 1. The van der Waals surface area contributed by atoms with Gasteiger partial charge in [0.05, 0.1) is 6.54 Å². The van der Waals surface area contributed by atoms with Crippen LogP contribution >= 0.6 is 0 Å². The van der Waals surface area contributed by atoms with Gasteiger partial charge in [-0.05, 0) is 18.2 Å². The van der Waals surface area contributed by atoms with Crippen molar-refractivity contribution in [1.29, 1.82) is 0 Å². The number of hydrogen-bond donors (Lipinski definition) is 2. The summed E-state index contributed by atoms with van der Waals surface area (Å²) in [6.45, 7) is 0.787. The molecular weight excluding hydrogens is 266 g/mol. The Morgan fingerprint density at radius 2 is 2.33 bits per heavy atom. The van der Waals surface area contributed by atoms with Gasteiger partial charge < -0.3 is 11.1 Å². The molecule has 0 aliphatic carbocycles. The second-order valence-electron chi connectivity index (χ2n) is 4.43. The predicted molar refractivity (Wildman–Crippen MR) is 79.4 cm³/mol. The molecule has 2 aromatic rings. The van der Waals surface area contributed by atoms with Crippen LogP contribution in [-0.2, 0) is 13.5 Å². The molecule has 0 aliphatic rings. The Labute approximate surface area is 123 Å². The number of nitrogens with zero attached hydrogens (tertiary/aromatic N) is 3. The van der Waals surface area contributed by atoms with Gasteiger partial charge in [-0.2, -0.15) is 5.10 Å². The number of carbonyl (C=O) groups excluding carboxylic acids is 1. The van der Waals surface area contributed by atoms with Gasteiger partial charge in [0.2, 0.25) is 0 Å². The normalized spacial score (nSPS) is 9.81. The summed E-state index contributed by atoms with van der Waals surface area (Å²) in [5, 5.41) is 6.99. The summed E-state index contributed by atoms with van der Waals surface area (Å²) in [4.78, 5) is 16.1. The molecule has 0 saturated heterocycles. The van der Waals surface area contributed by atoms with Crippen LogP contribution in [0.2, 0.25) is 0 Å². The summed E-state index contributed by atoms with van der Waals surface area (Å²) >= 11 is 0. The first-order valence-corrected chi connectivity index (χ1v) is 6.61. The number of aryl methyl sites for hydroxylation is 1. The van der Waals surface area contributed by atoms with Crippen molar-refractivity contribution in [3.8, 4) is 11.8 Å². The number of nitrogens with two attached hydrogens (primary N) is 1. The van der Waals surface area contributed by atoms with Crippen LogP contribution in [0, 0.1) is 11.8 Å². The standard InChI is InChI=1S/C15H17N5O/c1-20-11-18-14(19-20)7-9-17-15(21)13-6-2-4-12(10-13)5-3-8-16/h2,4,6,10-11H,7-9,16H2,1H3,(H,17,21). The molecule has 0 atom stereocenters. The van der Waals surface area contributed by atoms with Crippen LogP contribution in [0.5, 0.6) is 0 Å². The average Bonchev–Trinajstić information content (AvgIpc) is 2.91. The van der Waals surface area contributed by atoms with Crippen LogP contribution in [0.15, 0.2) is 30.6 Å². The summed E-state index contributed by atoms with van der Waals surface area (Å²) < 4.78 is 1.64. The molecule has 1 heterocycles. The van der Waals surface area contributed by atoms with Gasteiger partial charge in [-0.3, -0.25) is 9.48 Å². The van der Waals surface area contributed by atoms with Crippen LogP contribution in [0.25, 0.3) is 0 Å². The first-order chi connectivity index (χ1) is 10.2. The van der Waals surface area contributed by atoms with Crippen molar-refractivity contribution >= 4 is 5.91 Å². The highest BCUT2D eigenvalue weighted by molar-refractivity contribution is 5.94. The lowest BCUT2D eigenvalue weighted by atomic mass is 10.1. The molecule has 2 rings (SSSR count). The molecule has 0 spiro atoms. The van der Waals surface area contributed by atoms with E-state index < -0.39 is 0 Å². The summed E-state index contributed by atoms with van der Waals surface area (Å²) in [6, 6.07) is 7.14. The average molecular weight is 283 g/mol. The van der Waals surface area contributed by atoms with E-state index in [-0.39, 0.29) is 5.91 Å². The zero-order chi connectivity index (χ0) is 15.1. The fourth-order valence-corrected chi connectivity index (χ4v) is 1.78. The molecule has 21 heavy (non-hydrogen) atoms. The van der Waals surface area contributed by atoms with E-state index >= 15 is 0 Å². The number of benzene rings is 1. The second-order valence-corrected chi connectivity index (χ2v) is 4.43. The predicted octanol–water partition coefficient (Wildman–Crippen LogP) is 0.0978. The van der Waals surface area contributed by atoms with E-state index in [9.17, 15) is 4.79 Å². The molecule has 0 bridgehead atoms. The molecule has 3 N–H and O–H groups in total. The summed E-state index contributed by atoms with van der Waals surface area (Å²) in [5.74, 6) is 6.24. The highest BCUT2D eigenvalue weighted by atomic mass is 16.1. The zero-order valence-corrected chi connectivity index (χ0v) is 11.8. The third kappa shape index (κ3) is 4.44. The Morgan fingerprint density at radius 1 is 1.48 bits per heavy atom. The number of aromatic nitrogens is 3. The first kappa shape index (κ1) is 14.8. The van der Waals surface area contributed by atoms with E-state index in [0.717, 1.165) is 5.56 Å². The fraction of sp³-hybridized carbons (Fsp3) is 0.267. The van der Waals surface area contributed by atoms with E-state index in [1.54, 1.807) is 29.2 Å². The van der Waals surface area contributed by atoms with Gasteiger partial charge in [-0.15, -0.1) is 0 Å². The lowest BCUT2D eigenvalue weighted by Gasteiger charge is -2.04. The van der Waals surface area contributed by atoms with Crippen molar-refractivity contribution in [2.24, 2.45) is 12.8 Å². The number of rotatable bonds is 4. The highest BCUT2D eigenvalue weighted by Crippen LogP contribution is 2.04. The number of carbonyl (C=O) groups is 1.